The van der Waals surface area contributed by atoms with E-state index in [9.17, 15) is 0 Å². The fourth-order valence-electron chi connectivity index (χ4n) is 1.89. The van der Waals surface area contributed by atoms with Crippen molar-refractivity contribution in [1.82, 2.24) is 9.88 Å². The Morgan fingerprint density at radius 2 is 2.12 bits per heavy atom. The quantitative estimate of drug-likeness (QED) is 0.865. The summed E-state index contributed by atoms with van der Waals surface area (Å²) in [6.07, 6.45) is 0. The van der Waals surface area contributed by atoms with Crippen molar-refractivity contribution in [2.75, 3.05) is 37.6 Å². The first-order valence-electron chi connectivity index (χ1n) is 5.89. The number of piperazine rings is 1. The number of hydrogen-bond acceptors (Lipinski definition) is 5. The van der Waals surface area contributed by atoms with E-state index in [0.717, 1.165) is 43.5 Å². The van der Waals surface area contributed by atoms with Gasteiger partial charge >= 0.3 is 0 Å². The molecular weight excluding hydrogens is 220 g/mol. The molecule has 5 heteroatoms. The summed E-state index contributed by atoms with van der Waals surface area (Å²) >= 11 is 1.71. The third kappa shape index (κ3) is 2.53. The Bertz CT molecular complexity index is 328. The normalized spacial score (nSPS) is 20.1. The minimum Gasteiger partial charge on any atom is -0.346 e. The number of anilines is 1. The Morgan fingerprint density at radius 1 is 1.44 bits per heavy atom. The van der Waals surface area contributed by atoms with Gasteiger partial charge in [-0.2, -0.15) is 0 Å². The van der Waals surface area contributed by atoms with Gasteiger partial charge in [-0.25, -0.2) is 4.98 Å². The molecule has 1 aliphatic rings. The van der Waals surface area contributed by atoms with E-state index in [1.165, 1.54) is 0 Å². The topological polar surface area (TPSA) is 45.4 Å². The lowest BCUT2D eigenvalue weighted by Gasteiger charge is -2.33. The molecule has 1 aromatic heterocycles. The molecule has 4 nitrogen and oxygen atoms in total. The van der Waals surface area contributed by atoms with Crippen LogP contribution in [0.5, 0.6) is 0 Å². The molecule has 1 aromatic rings. The van der Waals surface area contributed by atoms with Crippen LogP contribution < -0.4 is 10.6 Å². The molecule has 2 rings (SSSR count). The fraction of sp³-hybridized carbons (Fsp3) is 0.727. The molecule has 0 amide bonds. The SMILES string of the molecule is CCN1CCN(c2nc(C(C)N)cs2)CC1. The van der Waals surface area contributed by atoms with Gasteiger partial charge in [0, 0.05) is 37.6 Å². The summed E-state index contributed by atoms with van der Waals surface area (Å²) in [6, 6.07) is 0.0435. The van der Waals surface area contributed by atoms with Crippen LogP contribution in [-0.4, -0.2) is 42.6 Å². The smallest absolute Gasteiger partial charge is 0.185 e. The molecule has 0 spiro atoms. The molecule has 1 unspecified atom stereocenters. The van der Waals surface area contributed by atoms with E-state index in [2.05, 4.69) is 27.1 Å². The van der Waals surface area contributed by atoms with Gasteiger partial charge in [0.05, 0.1) is 5.69 Å². The Balaban J connectivity index is 1.97. The Labute approximate surface area is 101 Å². The van der Waals surface area contributed by atoms with E-state index in [1.54, 1.807) is 11.3 Å². The standard InChI is InChI=1S/C11H20N4S/c1-3-14-4-6-15(7-5-14)11-13-10(8-16-11)9(2)12/h8-9H,3-7,12H2,1-2H3. The van der Waals surface area contributed by atoms with Crippen LogP contribution in [0.25, 0.3) is 0 Å². The van der Waals surface area contributed by atoms with Crippen molar-refractivity contribution in [3.8, 4) is 0 Å². The van der Waals surface area contributed by atoms with Gasteiger partial charge in [-0.3, -0.25) is 0 Å². The van der Waals surface area contributed by atoms with E-state index in [0.29, 0.717) is 0 Å². The van der Waals surface area contributed by atoms with Gasteiger partial charge in [0.1, 0.15) is 0 Å². The van der Waals surface area contributed by atoms with Gasteiger partial charge in [-0.1, -0.05) is 6.92 Å². The number of likely N-dealkylation sites (N-methyl/N-ethyl adjacent to an activating group) is 1. The third-order valence-electron chi connectivity index (χ3n) is 3.07. The lowest BCUT2D eigenvalue weighted by molar-refractivity contribution is 0.271. The molecule has 16 heavy (non-hydrogen) atoms. The van der Waals surface area contributed by atoms with Crippen LogP contribution in [0.3, 0.4) is 0 Å². The molecule has 1 fully saturated rings. The summed E-state index contributed by atoms with van der Waals surface area (Å²) in [5, 5.41) is 3.20. The van der Waals surface area contributed by atoms with Crippen molar-refractivity contribution in [1.29, 1.82) is 0 Å². The summed E-state index contributed by atoms with van der Waals surface area (Å²) in [4.78, 5) is 9.42. The van der Waals surface area contributed by atoms with Crippen molar-refractivity contribution >= 4 is 16.5 Å². The van der Waals surface area contributed by atoms with Gasteiger partial charge in [-0.15, -0.1) is 11.3 Å². The predicted octanol–water partition coefficient (Wildman–Crippen LogP) is 1.30. The lowest BCUT2D eigenvalue weighted by atomic mass is 10.3. The second-order valence-electron chi connectivity index (χ2n) is 4.26. The van der Waals surface area contributed by atoms with Crippen LogP contribution in [0.2, 0.25) is 0 Å². The molecule has 0 aliphatic carbocycles. The summed E-state index contributed by atoms with van der Waals surface area (Å²) in [7, 11) is 0. The highest BCUT2D eigenvalue weighted by molar-refractivity contribution is 7.13. The van der Waals surface area contributed by atoms with Gasteiger partial charge in [0.15, 0.2) is 5.13 Å². The third-order valence-corrected chi connectivity index (χ3v) is 3.99. The van der Waals surface area contributed by atoms with Crippen molar-refractivity contribution in [3.63, 3.8) is 0 Å². The first-order valence-corrected chi connectivity index (χ1v) is 6.77. The van der Waals surface area contributed by atoms with Gasteiger partial charge < -0.3 is 15.5 Å². The highest BCUT2D eigenvalue weighted by Crippen LogP contribution is 2.24. The van der Waals surface area contributed by atoms with E-state index in [4.69, 9.17) is 5.73 Å². The monoisotopic (exact) mass is 240 g/mol. The molecule has 0 radical (unpaired) electrons. The van der Waals surface area contributed by atoms with E-state index in [1.807, 2.05) is 6.92 Å². The average molecular weight is 240 g/mol. The first kappa shape index (κ1) is 11.8. The van der Waals surface area contributed by atoms with Crippen LogP contribution in [0.1, 0.15) is 25.6 Å². The Kier molecular flexibility index (Phi) is 3.78. The summed E-state index contributed by atoms with van der Waals surface area (Å²) in [6.45, 7) is 9.80. The van der Waals surface area contributed by atoms with Gasteiger partial charge in [-0.05, 0) is 13.5 Å². The molecule has 0 bridgehead atoms. The van der Waals surface area contributed by atoms with Crippen LogP contribution >= 0.6 is 11.3 Å². The largest absolute Gasteiger partial charge is 0.346 e. The number of nitrogens with zero attached hydrogens (tertiary/aromatic N) is 3. The number of rotatable bonds is 3. The van der Waals surface area contributed by atoms with Crippen molar-refractivity contribution < 1.29 is 0 Å². The fourth-order valence-corrected chi connectivity index (χ4v) is 2.87. The second-order valence-corrected chi connectivity index (χ2v) is 5.10. The van der Waals surface area contributed by atoms with Crippen molar-refractivity contribution in [2.45, 2.75) is 19.9 Å². The van der Waals surface area contributed by atoms with Gasteiger partial charge in [0.25, 0.3) is 0 Å². The van der Waals surface area contributed by atoms with E-state index in [-0.39, 0.29) is 6.04 Å². The zero-order valence-corrected chi connectivity index (χ0v) is 10.8. The van der Waals surface area contributed by atoms with Crippen LogP contribution in [0.4, 0.5) is 5.13 Å². The summed E-state index contributed by atoms with van der Waals surface area (Å²) in [5.74, 6) is 0. The minimum absolute atomic E-state index is 0.0435. The molecular formula is C11H20N4S. The summed E-state index contributed by atoms with van der Waals surface area (Å²) in [5.41, 5.74) is 6.83. The van der Waals surface area contributed by atoms with E-state index >= 15 is 0 Å². The van der Waals surface area contributed by atoms with Crippen molar-refractivity contribution in [2.24, 2.45) is 5.73 Å². The Morgan fingerprint density at radius 3 is 2.62 bits per heavy atom. The highest BCUT2D eigenvalue weighted by atomic mass is 32.1. The first-order chi connectivity index (χ1) is 7.70. The van der Waals surface area contributed by atoms with Crippen LogP contribution in [0.15, 0.2) is 5.38 Å². The van der Waals surface area contributed by atoms with E-state index < -0.39 is 0 Å². The molecule has 2 heterocycles. The average Bonchev–Trinajstić information content (AvgIpc) is 2.78. The maximum absolute atomic E-state index is 5.82. The molecule has 1 aliphatic heterocycles. The maximum Gasteiger partial charge on any atom is 0.185 e. The van der Waals surface area contributed by atoms with Crippen molar-refractivity contribution in [3.05, 3.63) is 11.1 Å². The number of aromatic nitrogens is 1. The zero-order chi connectivity index (χ0) is 11.5. The molecule has 1 atom stereocenters. The molecule has 0 aromatic carbocycles. The second kappa shape index (κ2) is 5.12. The molecule has 90 valence electrons. The number of nitrogens with two attached hydrogens (primary N) is 1. The van der Waals surface area contributed by atoms with Crippen LogP contribution in [0, 0.1) is 0 Å². The minimum atomic E-state index is 0.0435. The number of hydrogen-bond donors (Lipinski definition) is 1. The highest BCUT2D eigenvalue weighted by Gasteiger charge is 2.18. The maximum atomic E-state index is 5.82. The van der Waals surface area contributed by atoms with Crippen LogP contribution in [-0.2, 0) is 0 Å². The summed E-state index contributed by atoms with van der Waals surface area (Å²) < 4.78 is 0. The number of thiazole rings is 1. The lowest BCUT2D eigenvalue weighted by Crippen LogP contribution is -2.46. The Hall–Kier alpha value is -0.650. The predicted molar refractivity (Wildman–Crippen MR) is 69.0 cm³/mol. The molecule has 1 saturated heterocycles. The van der Waals surface area contributed by atoms with Gasteiger partial charge in [0.2, 0.25) is 0 Å². The zero-order valence-electron chi connectivity index (χ0n) is 10.0. The molecule has 0 saturated carbocycles. The molecule has 2 N–H and O–H groups in total.